The Morgan fingerprint density at radius 1 is 1.37 bits per heavy atom. The molecule has 0 aromatic heterocycles. The van der Waals surface area contributed by atoms with Gasteiger partial charge in [0.1, 0.15) is 6.04 Å². The number of carbonyl (C=O) groups excluding carboxylic acids is 2. The van der Waals surface area contributed by atoms with Crippen LogP contribution in [0.5, 0.6) is 0 Å². The van der Waals surface area contributed by atoms with Crippen LogP contribution in [0.3, 0.4) is 0 Å². The van der Waals surface area contributed by atoms with E-state index in [2.05, 4.69) is 11.2 Å². The van der Waals surface area contributed by atoms with Gasteiger partial charge < -0.3 is 15.2 Å². The van der Waals surface area contributed by atoms with Crippen LogP contribution in [0.2, 0.25) is 0 Å². The third-order valence-electron chi connectivity index (χ3n) is 4.32. The number of rotatable bonds is 6. The number of β-amino-alcohol motifs (C(OH)–C–C–N with tert-alkyl or cyclic N) is 1. The van der Waals surface area contributed by atoms with Gasteiger partial charge in [0, 0.05) is 13.0 Å². The molecule has 1 fully saturated rings. The van der Waals surface area contributed by atoms with Crippen LogP contribution in [0.15, 0.2) is 23.1 Å². The Labute approximate surface area is 158 Å². The monoisotopic (exact) mass is 394 g/mol. The Bertz CT molecular complexity index is 874. The zero-order valence-corrected chi connectivity index (χ0v) is 16.0. The van der Waals surface area contributed by atoms with Crippen molar-refractivity contribution in [3.8, 4) is 12.3 Å². The second-order valence-electron chi connectivity index (χ2n) is 6.31. The number of aliphatic hydroxyl groups is 1. The van der Waals surface area contributed by atoms with E-state index in [1.165, 1.54) is 12.1 Å². The Morgan fingerprint density at radius 2 is 2.07 bits per heavy atom. The Kier molecular flexibility index (Phi) is 6.59. The summed E-state index contributed by atoms with van der Waals surface area (Å²) in [7, 11) is -4.01. The van der Waals surface area contributed by atoms with Crippen molar-refractivity contribution < 1.29 is 27.9 Å². The van der Waals surface area contributed by atoms with E-state index < -0.39 is 40.7 Å². The lowest BCUT2D eigenvalue weighted by molar-refractivity contribution is -0.151. The average Bonchev–Trinajstić information content (AvgIpc) is 3.02. The minimum absolute atomic E-state index is 0.00813. The second kappa shape index (κ2) is 8.52. The van der Waals surface area contributed by atoms with Gasteiger partial charge in [0.25, 0.3) is 5.91 Å². The number of esters is 1. The lowest BCUT2D eigenvalue weighted by Crippen LogP contribution is -2.42. The lowest BCUT2D eigenvalue weighted by atomic mass is 10.1. The highest BCUT2D eigenvalue weighted by Crippen LogP contribution is 2.28. The van der Waals surface area contributed by atoms with Gasteiger partial charge in [-0.15, -0.1) is 6.42 Å². The van der Waals surface area contributed by atoms with Gasteiger partial charge in [-0.3, -0.25) is 9.59 Å². The fraction of sp³-hybridized carbons (Fsp3) is 0.444. The van der Waals surface area contributed by atoms with Crippen LogP contribution in [0.1, 0.15) is 17.5 Å². The van der Waals surface area contributed by atoms with Gasteiger partial charge in [0.15, 0.2) is 6.61 Å². The Hall–Kier alpha value is -2.41. The number of terminal acetylenes is 1. The molecule has 0 saturated carbocycles. The molecule has 1 aliphatic heterocycles. The molecule has 2 rings (SSSR count). The van der Waals surface area contributed by atoms with E-state index >= 15 is 0 Å². The molecule has 1 aliphatic rings. The smallest absolute Gasteiger partial charge is 0.325 e. The molecule has 2 atom stereocenters. The van der Waals surface area contributed by atoms with Gasteiger partial charge in [0.2, 0.25) is 10.0 Å². The number of aliphatic hydroxyl groups excluding tert-OH is 1. The molecule has 1 amide bonds. The quantitative estimate of drug-likeness (QED) is 0.507. The molecule has 27 heavy (non-hydrogen) atoms. The summed E-state index contributed by atoms with van der Waals surface area (Å²) in [5.41, 5.74) is 1.73. The zero-order chi connectivity index (χ0) is 20.2. The van der Waals surface area contributed by atoms with Gasteiger partial charge in [-0.05, 0) is 37.1 Å². The van der Waals surface area contributed by atoms with Crippen molar-refractivity contribution in [3.63, 3.8) is 0 Å². The van der Waals surface area contributed by atoms with E-state index in [1.807, 2.05) is 6.92 Å². The zero-order valence-electron chi connectivity index (χ0n) is 15.1. The summed E-state index contributed by atoms with van der Waals surface area (Å²) < 4.78 is 31.7. The molecule has 2 N–H and O–H groups in total. The van der Waals surface area contributed by atoms with E-state index in [-0.39, 0.29) is 24.4 Å². The molecule has 1 heterocycles. The molecule has 0 bridgehead atoms. The van der Waals surface area contributed by atoms with Crippen LogP contribution in [0, 0.1) is 26.2 Å². The number of hydrogen-bond donors (Lipinski definition) is 2. The maximum atomic E-state index is 12.9. The molecule has 1 aromatic carbocycles. The minimum atomic E-state index is -4.01. The van der Waals surface area contributed by atoms with Crippen molar-refractivity contribution in [1.29, 1.82) is 0 Å². The van der Waals surface area contributed by atoms with Crippen LogP contribution < -0.4 is 5.32 Å². The first kappa shape index (κ1) is 20.9. The maximum absolute atomic E-state index is 12.9. The number of carbonyl (C=O) groups is 2. The van der Waals surface area contributed by atoms with Crippen LogP contribution in [-0.2, 0) is 24.3 Å². The summed E-state index contributed by atoms with van der Waals surface area (Å²) in [6.07, 6.45) is 3.91. The van der Waals surface area contributed by atoms with Crippen molar-refractivity contribution in [3.05, 3.63) is 29.3 Å². The highest BCUT2D eigenvalue weighted by molar-refractivity contribution is 7.89. The number of hydrogen-bond acceptors (Lipinski definition) is 6. The molecule has 0 radical (unpaired) electrons. The van der Waals surface area contributed by atoms with E-state index in [0.717, 1.165) is 15.4 Å². The lowest BCUT2D eigenvalue weighted by Gasteiger charge is -2.22. The standard InChI is InChI=1S/C18H22N2O6S/c1-4-7-19-17(22)11-26-18(23)16-9-14(21)10-20(16)27(24,25)15-6-5-12(2)13(3)8-15/h1,5-6,8,14,16,21H,7,9-11H2,2-3H3,(H,19,22)/t14-,16+/m1/s1. The number of nitrogens with zero attached hydrogens (tertiary/aromatic N) is 1. The highest BCUT2D eigenvalue weighted by atomic mass is 32.2. The summed E-state index contributed by atoms with van der Waals surface area (Å²) in [5.74, 6) is 0.720. The second-order valence-corrected chi connectivity index (χ2v) is 8.21. The SMILES string of the molecule is C#CCNC(=O)COC(=O)[C@@H]1C[C@@H](O)CN1S(=O)(=O)c1ccc(C)c(C)c1. The first-order valence-electron chi connectivity index (χ1n) is 8.30. The molecule has 146 valence electrons. The number of amides is 1. The van der Waals surface area contributed by atoms with E-state index in [0.29, 0.717) is 0 Å². The van der Waals surface area contributed by atoms with Gasteiger partial charge in [0.05, 0.1) is 17.5 Å². The van der Waals surface area contributed by atoms with E-state index in [1.54, 1.807) is 13.0 Å². The van der Waals surface area contributed by atoms with Crippen molar-refractivity contribution in [2.24, 2.45) is 0 Å². The first-order valence-corrected chi connectivity index (χ1v) is 9.74. The molecule has 8 nitrogen and oxygen atoms in total. The van der Waals surface area contributed by atoms with Gasteiger partial charge in [-0.25, -0.2) is 8.42 Å². The van der Waals surface area contributed by atoms with Crippen molar-refractivity contribution in [2.75, 3.05) is 19.7 Å². The number of aryl methyl sites for hydroxylation is 2. The summed E-state index contributed by atoms with van der Waals surface area (Å²) in [6, 6.07) is 3.45. The molecule has 1 saturated heterocycles. The summed E-state index contributed by atoms with van der Waals surface area (Å²) in [5, 5.41) is 12.2. The Morgan fingerprint density at radius 3 is 2.70 bits per heavy atom. The van der Waals surface area contributed by atoms with Gasteiger partial charge in [-0.1, -0.05) is 12.0 Å². The average molecular weight is 394 g/mol. The van der Waals surface area contributed by atoms with E-state index in [9.17, 15) is 23.1 Å². The Balaban J connectivity index is 2.17. The van der Waals surface area contributed by atoms with Crippen LogP contribution in [0.4, 0.5) is 0 Å². The predicted molar refractivity (Wildman–Crippen MR) is 97.0 cm³/mol. The minimum Gasteiger partial charge on any atom is -0.454 e. The highest BCUT2D eigenvalue weighted by Gasteiger charge is 2.44. The van der Waals surface area contributed by atoms with E-state index in [4.69, 9.17) is 11.2 Å². The molecule has 0 unspecified atom stereocenters. The molecule has 1 aromatic rings. The van der Waals surface area contributed by atoms with Crippen molar-refractivity contribution >= 4 is 21.9 Å². The summed E-state index contributed by atoms with van der Waals surface area (Å²) in [4.78, 5) is 23.8. The largest absolute Gasteiger partial charge is 0.454 e. The van der Waals surface area contributed by atoms with Crippen LogP contribution in [-0.4, -0.2) is 61.5 Å². The molecule has 0 aliphatic carbocycles. The number of benzene rings is 1. The molecule has 9 heteroatoms. The fourth-order valence-corrected chi connectivity index (χ4v) is 4.42. The predicted octanol–water partition coefficient (Wildman–Crippen LogP) is -0.280. The van der Waals surface area contributed by atoms with Crippen molar-refractivity contribution in [2.45, 2.75) is 37.3 Å². The van der Waals surface area contributed by atoms with Gasteiger partial charge >= 0.3 is 5.97 Å². The maximum Gasteiger partial charge on any atom is 0.325 e. The van der Waals surface area contributed by atoms with Gasteiger partial charge in [-0.2, -0.15) is 4.31 Å². The number of nitrogens with one attached hydrogen (secondary N) is 1. The summed E-state index contributed by atoms with van der Waals surface area (Å²) >= 11 is 0. The van der Waals surface area contributed by atoms with Crippen molar-refractivity contribution in [1.82, 2.24) is 9.62 Å². The molecule has 0 spiro atoms. The summed E-state index contributed by atoms with van der Waals surface area (Å²) in [6.45, 7) is 2.83. The third-order valence-corrected chi connectivity index (χ3v) is 6.19. The number of ether oxygens (including phenoxy) is 1. The first-order chi connectivity index (χ1) is 12.7. The third kappa shape index (κ3) is 4.86. The normalized spacial score (nSPS) is 20.1. The molecular weight excluding hydrogens is 372 g/mol. The fourth-order valence-electron chi connectivity index (χ4n) is 2.71. The number of sulfonamides is 1. The van der Waals surface area contributed by atoms with Crippen LogP contribution in [0.25, 0.3) is 0 Å². The topological polar surface area (TPSA) is 113 Å². The van der Waals surface area contributed by atoms with Crippen LogP contribution >= 0.6 is 0 Å². The molecular formula is C18H22N2O6S.